The minimum atomic E-state index is -0.760. The number of fused-ring (bicyclic) bond motifs is 2. The first kappa shape index (κ1) is 19.3. The monoisotopic (exact) mass is 407 g/mol. The lowest BCUT2D eigenvalue weighted by molar-refractivity contribution is 0.0492. The van der Waals surface area contributed by atoms with Crippen LogP contribution in [-0.4, -0.2) is 32.4 Å². The van der Waals surface area contributed by atoms with Crippen molar-refractivity contribution in [1.29, 1.82) is 5.26 Å². The number of nitrogens with zero attached hydrogens (tertiary/aromatic N) is 1. The molecule has 0 fully saturated rings. The fraction of sp³-hybridized carbons (Fsp3) is 0.227. The van der Waals surface area contributed by atoms with Crippen LogP contribution in [0.25, 0.3) is 22.1 Å². The van der Waals surface area contributed by atoms with Gasteiger partial charge in [0.15, 0.2) is 18.1 Å². The van der Waals surface area contributed by atoms with Crippen molar-refractivity contribution >= 4 is 16.9 Å². The van der Waals surface area contributed by atoms with Crippen LogP contribution < -0.4 is 19.6 Å². The van der Waals surface area contributed by atoms with Gasteiger partial charge in [-0.15, -0.1) is 0 Å². The molecule has 8 heteroatoms. The molecule has 0 saturated heterocycles. The molecular weight excluding hydrogens is 390 g/mol. The van der Waals surface area contributed by atoms with E-state index in [0.717, 1.165) is 0 Å². The third kappa shape index (κ3) is 3.53. The SMILES string of the molecule is CCOC(=O)c1oc2cc(OCC#N)ccc2c(=O)c1-c1ccc2c(c1)OCCO2. The molecule has 2 aromatic carbocycles. The van der Waals surface area contributed by atoms with Crippen LogP contribution in [0, 0.1) is 11.3 Å². The second kappa shape index (κ2) is 8.17. The first-order valence-corrected chi connectivity index (χ1v) is 9.30. The predicted molar refractivity (Wildman–Crippen MR) is 106 cm³/mol. The summed E-state index contributed by atoms with van der Waals surface area (Å²) in [4.78, 5) is 25.9. The number of carbonyl (C=O) groups is 1. The number of hydrogen-bond acceptors (Lipinski definition) is 8. The summed E-state index contributed by atoms with van der Waals surface area (Å²) >= 11 is 0. The standard InChI is InChI=1S/C22H17NO7/c1-2-26-22(25)21-19(13-3-6-16-18(11-13)29-10-9-28-16)20(24)15-5-4-14(27-8-7-23)12-17(15)30-21/h3-6,11-12H,2,8-10H2,1H3. The van der Waals surface area contributed by atoms with Crippen LogP contribution in [0.3, 0.4) is 0 Å². The second-order valence-electron chi connectivity index (χ2n) is 6.32. The minimum Gasteiger partial charge on any atom is -0.486 e. The highest BCUT2D eigenvalue weighted by Crippen LogP contribution is 2.35. The third-order valence-electron chi connectivity index (χ3n) is 4.46. The quantitative estimate of drug-likeness (QED) is 0.593. The van der Waals surface area contributed by atoms with E-state index in [0.29, 0.717) is 36.0 Å². The van der Waals surface area contributed by atoms with Gasteiger partial charge in [-0.3, -0.25) is 4.79 Å². The van der Waals surface area contributed by atoms with Gasteiger partial charge in [0.2, 0.25) is 11.2 Å². The van der Waals surface area contributed by atoms with Crippen molar-refractivity contribution in [3.8, 4) is 34.4 Å². The molecule has 1 aromatic heterocycles. The van der Waals surface area contributed by atoms with Crippen molar-refractivity contribution in [3.05, 3.63) is 52.4 Å². The lowest BCUT2D eigenvalue weighted by Gasteiger charge is -2.19. The number of hydrogen-bond donors (Lipinski definition) is 0. The second-order valence-corrected chi connectivity index (χ2v) is 6.32. The van der Waals surface area contributed by atoms with E-state index in [1.807, 2.05) is 6.07 Å². The van der Waals surface area contributed by atoms with E-state index in [9.17, 15) is 9.59 Å². The predicted octanol–water partition coefficient (Wildman–Crippen LogP) is 3.31. The molecule has 0 N–H and O–H groups in total. The summed E-state index contributed by atoms with van der Waals surface area (Å²) in [6, 6.07) is 11.4. The molecule has 0 radical (unpaired) electrons. The van der Waals surface area contributed by atoms with Crippen LogP contribution >= 0.6 is 0 Å². The molecule has 2 heterocycles. The van der Waals surface area contributed by atoms with E-state index in [2.05, 4.69) is 0 Å². The molecule has 0 aliphatic carbocycles. The number of ether oxygens (including phenoxy) is 4. The molecule has 1 aliphatic rings. The van der Waals surface area contributed by atoms with E-state index >= 15 is 0 Å². The first-order chi connectivity index (χ1) is 14.6. The molecule has 0 atom stereocenters. The summed E-state index contributed by atoms with van der Waals surface area (Å²) in [5, 5.41) is 8.94. The summed E-state index contributed by atoms with van der Waals surface area (Å²) < 4.78 is 27.3. The molecule has 0 saturated carbocycles. The zero-order chi connectivity index (χ0) is 21.1. The van der Waals surface area contributed by atoms with Crippen molar-refractivity contribution in [2.24, 2.45) is 0 Å². The highest BCUT2D eigenvalue weighted by atomic mass is 16.6. The maximum absolute atomic E-state index is 13.3. The smallest absolute Gasteiger partial charge is 0.375 e. The Balaban J connectivity index is 1.92. The van der Waals surface area contributed by atoms with Gasteiger partial charge in [-0.25, -0.2) is 4.79 Å². The molecule has 152 valence electrons. The average Bonchev–Trinajstić information content (AvgIpc) is 2.77. The van der Waals surface area contributed by atoms with E-state index in [-0.39, 0.29) is 35.5 Å². The van der Waals surface area contributed by atoms with Crippen LogP contribution in [0.4, 0.5) is 0 Å². The van der Waals surface area contributed by atoms with Gasteiger partial charge in [0.05, 0.1) is 17.6 Å². The van der Waals surface area contributed by atoms with Crippen LogP contribution in [0.1, 0.15) is 17.5 Å². The van der Waals surface area contributed by atoms with Crippen molar-refractivity contribution in [2.75, 3.05) is 26.4 Å². The number of benzene rings is 2. The van der Waals surface area contributed by atoms with Crippen LogP contribution in [0.2, 0.25) is 0 Å². The van der Waals surface area contributed by atoms with Crippen LogP contribution in [0.15, 0.2) is 45.6 Å². The van der Waals surface area contributed by atoms with Gasteiger partial charge in [-0.05, 0) is 36.8 Å². The summed E-state index contributed by atoms with van der Waals surface area (Å²) in [7, 11) is 0. The Morgan fingerprint density at radius 2 is 1.93 bits per heavy atom. The first-order valence-electron chi connectivity index (χ1n) is 9.30. The van der Waals surface area contributed by atoms with Crippen molar-refractivity contribution < 1.29 is 28.2 Å². The van der Waals surface area contributed by atoms with Gasteiger partial charge in [0, 0.05) is 6.07 Å². The molecule has 1 aliphatic heterocycles. The maximum Gasteiger partial charge on any atom is 0.375 e. The summed E-state index contributed by atoms with van der Waals surface area (Å²) in [6.45, 7) is 2.45. The van der Waals surface area contributed by atoms with Gasteiger partial charge < -0.3 is 23.4 Å². The maximum atomic E-state index is 13.3. The van der Waals surface area contributed by atoms with Gasteiger partial charge in [0.25, 0.3) is 0 Å². The number of nitriles is 1. The summed E-state index contributed by atoms with van der Waals surface area (Å²) in [5.74, 6) is 0.405. The molecule has 0 spiro atoms. The molecule has 8 nitrogen and oxygen atoms in total. The normalized spacial score (nSPS) is 12.3. The van der Waals surface area contributed by atoms with E-state index in [4.69, 9.17) is 28.6 Å². The van der Waals surface area contributed by atoms with Crippen LogP contribution in [-0.2, 0) is 4.74 Å². The highest BCUT2D eigenvalue weighted by Gasteiger charge is 2.25. The fourth-order valence-electron chi connectivity index (χ4n) is 3.18. The molecular formula is C22H17NO7. The zero-order valence-corrected chi connectivity index (χ0v) is 16.1. The lowest BCUT2D eigenvalue weighted by atomic mass is 10.0. The molecule has 0 amide bonds. The highest BCUT2D eigenvalue weighted by molar-refractivity contribution is 5.98. The fourth-order valence-corrected chi connectivity index (χ4v) is 3.18. The molecule has 0 bridgehead atoms. The van der Waals surface area contributed by atoms with Crippen molar-refractivity contribution in [3.63, 3.8) is 0 Å². The van der Waals surface area contributed by atoms with Gasteiger partial charge in [0.1, 0.15) is 30.6 Å². The van der Waals surface area contributed by atoms with Crippen LogP contribution in [0.5, 0.6) is 17.2 Å². The van der Waals surface area contributed by atoms with Crippen molar-refractivity contribution in [2.45, 2.75) is 6.92 Å². The Morgan fingerprint density at radius 3 is 2.70 bits per heavy atom. The Hall–Kier alpha value is -3.99. The Morgan fingerprint density at radius 1 is 1.13 bits per heavy atom. The van der Waals surface area contributed by atoms with Gasteiger partial charge in [-0.1, -0.05) is 6.07 Å². The van der Waals surface area contributed by atoms with E-state index in [1.165, 1.54) is 12.1 Å². The topological polar surface area (TPSA) is 108 Å². The van der Waals surface area contributed by atoms with E-state index < -0.39 is 11.4 Å². The van der Waals surface area contributed by atoms with E-state index in [1.54, 1.807) is 31.2 Å². The number of rotatable bonds is 5. The molecule has 3 aromatic rings. The van der Waals surface area contributed by atoms with Gasteiger partial charge >= 0.3 is 5.97 Å². The minimum absolute atomic E-state index is 0.0728. The molecule has 30 heavy (non-hydrogen) atoms. The van der Waals surface area contributed by atoms with Gasteiger partial charge in [-0.2, -0.15) is 5.26 Å². The largest absolute Gasteiger partial charge is 0.486 e. The summed E-state index contributed by atoms with van der Waals surface area (Å²) in [6.07, 6.45) is 0. The number of carbonyl (C=O) groups excluding carboxylic acids is 1. The lowest BCUT2D eigenvalue weighted by Crippen LogP contribution is -2.17. The summed E-state index contributed by atoms with van der Waals surface area (Å²) in [5.41, 5.74) is 0.272. The Bertz CT molecular complexity index is 1220. The molecule has 4 rings (SSSR count). The number of esters is 1. The Kier molecular flexibility index (Phi) is 5.26. The average molecular weight is 407 g/mol. The molecule has 0 unspecified atom stereocenters. The van der Waals surface area contributed by atoms with Crippen molar-refractivity contribution in [1.82, 2.24) is 0 Å². The Labute approximate surface area is 171 Å². The third-order valence-corrected chi connectivity index (χ3v) is 4.46. The zero-order valence-electron chi connectivity index (χ0n) is 16.1.